The molecule has 4 rings (SSSR count). The highest BCUT2D eigenvalue weighted by Crippen LogP contribution is 2.28. The number of carbonyl (C=O) groups excluding carboxylic acids is 1. The number of aromatic nitrogens is 2. The summed E-state index contributed by atoms with van der Waals surface area (Å²) >= 11 is 5.96. The van der Waals surface area contributed by atoms with Crippen LogP contribution in [0.15, 0.2) is 53.4 Å². The zero-order chi connectivity index (χ0) is 21.1. The summed E-state index contributed by atoms with van der Waals surface area (Å²) in [5, 5.41) is 0.156. The van der Waals surface area contributed by atoms with E-state index < -0.39 is 10.0 Å². The summed E-state index contributed by atoms with van der Waals surface area (Å²) in [5.41, 5.74) is 1.98. The Hall–Kier alpha value is -2.42. The molecule has 1 fully saturated rings. The molecule has 0 bridgehead atoms. The number of amides is 1. The van der Waals surface area contributed by atoms with Gasteiger partial charge in [-0.2, -0.15) is 0 Å². The number of nitrogens with zero attached hydrogens (tertiary/aromatic N) is 2. The Morgan fingerprint density at radius 2 is 1.83 bits per heavy atom. The van der Waals surface area contributed by atoms with Crippen molar-refractivity contribution in [2.75, 3.05) is 19.6 Å². The number of benzene rings is 2. The summed E-state index contributed by atoms with van der Waals surface area (Å²) in [4.78, 5) is 22.4. The van der Waals surface area contributed by atoms with Crippen LogP contribution in [0.5, 0.6) is 0 Å². The van der Waals surface area contributed by atoms with Crippen LogP contribution in [0.25, 0.3) is 11.0 Å². The van der Waals surface area contributed by atoms with Gasteiger partial charge in [0.05, 0.1) is 16.1 Å². The fraction of sp³-hybridized carbons (Fsp3) is 0.333. The molecule has 2 heterocycles. The van der Waals surface area contributed by atoms with Crippen molar-refractivity contribution in [1.82, 2.24) is 19.6 Å². The van der Waals surface area contributed by atoms with Crippen molar-refractivity contribution in [3.63, 3.8) is 0 Å². The fourth-order valence-electron chi connectivity index (χ4n) is 3.76. The van der Waals surface area contributed by atoms with E-state index in [0.717, 1.165) is 29.7 Å². The number of sulfonamides is 1. The van der Waals surface area contributed by atoms with Crippen molar-refractivity contribution in [2.24, 2.45) is 0 Å². The van der Waals surface area contributed by atoms with Gasteiger partial charge in [-0.05, 0) is 37.1 Å². The van der Waals surface area contributed by atoms with Gasteiger partial charge in [0.25, 0.3) is 0 Å². The maximum atomic E-state index is 12.5. The van der Waals surface area contributed by atoms with Gasteiger partial charge in [0.2, 0.25) is 15.9 Å². The monoisotopic (exact) mass is 446 g/mol. The van der Waals surface area contributed by atoms with Gasteiger partial charge in [-0.3, -0.25) is 4.79 Å². The van der Waals surface area contributed by atoms with Gasteiger partial charge >= 0.3 is 0 Å². The summed E-state index contributed by atoms with van der Waals surface area (Å²) in [6.45, 7) is 1.31. The Bertz CT molecular complexity index is 1120. The highest BCUT2D eigenvalue weighted by Gasteiger charge is 2.26. The molecule has 9 heteroatoms. The molecule has 0 atom stereocenters. The number of halogens is 1. The molecule has 158 valence electrons. The average Bonchev–Trinajstić information content (AvgIpc) is 3.18. The van der Waals surface area contributed by atoms with Crippen molar-refractivity contribution < 1.29 is 13.2 Å². The van der Waals surface area contributed by atoms with E-state index in [1.807, 2.05) is 24.3 Å². The summed E-state index contributed by atoms with van der Waals surface area (Å²) in [7, 11) is -3.74. The predicted molar refractivity (Wildman–Crippen MR) is 116 cm³/mol. The van der Waals surface area contributed by atoms with E-state index in [0.29, 0.717) is 19.0 Å². The molecule has 1 amide bonds. The van der Waals surface area contributed by atoms with Crippen LogP contribution in [0.1, 0.15) is 31.0 Å². The number of carbonyl (C=O) groups is 1. The topological polar surface area (TPSA) is 95.2 Å². The lowest BCUT2D eigenvalue weighted by atomic mass is 9.96. The molecule has 2 aromatic carbocycles. The van der Waals surface area contributed by atoms with Gasteiger partial charge in [-0.25, -0.2) is 18.1 Å². The molecule has 1 aromatic heterocycles. The molecular weight excluding hydrogens is 424 g/mol. The zero-order valence-corrected chi connectivity index (χ0v) is 17.9. The van der Waals surface area contributed by atoms with E-state index in [4.69, 9.17) is 11.6 Å². The van der Waals surface area contributed by atoms with Crippen LogP contribution in [0.4, 0.5) is 0 Å². The Labute approximate surface area is 180 Å². The third-order valence-corrected chi connectivity index (χ3v) is 7.36. The minimum Gasteiger partial charge on any atom is -0.343 e. The number of para-hydroxylation sites is 2. The number of hydrogen-bond donors (Lipinski definition) is 2. The maximum Gasteiger partial charge on any atom is 0.242 e. The van der Waals surface area contributed by atoms with Crippen molar-refractivity contribution in [1.29, 1.82) is 0 Å². The molecule has 7 nitrogen and oxygen atoms in total. The third-order valence-electron chi connectivity index (χ3n) is 5.40. The number of piperidine rings is 1. The first kappa shape index (κ1) is 20.8. The summed E-state index contributed by atoms with van der Waals surface area (Å²) in [5.74, 6) is 1.20. The maximum absolute atomic E-state index is 12.5. The average molecular weight is 447 g/mol. The van der Waals surface area contributed by atoms with E-state index in [9.17, 15) is 13.2 Å². The summed E-state index contributed by atoms with van der Waals surface area (Å²) in [6, 6.07) is 14.2. The molecule has 0 spiro atoms. The fourth-order valence-corrected chi connectivity index (χ4v) is 5.31. The van der Waals surface area contributed by atoms with E-state index in [1.165, 1.54) is 12.1 Å². The van der Waals surface area contributed by atoms with Gasteiger partial charge in [-0.1, -0.05) is 35.9 Å². The molecule has 30 heavy (non-hydrogen) atoms. The van der Waals surface area contributed by atoms with E-state index in [-0.39, 0.29) is 28.8 Å². The van der Waals surface area contributed by atoms with E-state index in [2.05, 4.69) is 14.7 Å². The molecule has 1 saturated heterocycles. The summed E-state index contributed by atoms with van der Waals surface area (Å²) in [6.07, 6.45) is 1.77. The SMILES string of the molecule is O=C(CCNS(=O)(=O)c1ccccc1Cl)N1CCC(c2nc3ccccc3[nH]2)CC1. The zero-order valence-electron chi connectivity index (χ0n) is 16.3. The number of H-pyrrole nitrogens is 1. The molecular formula is C21H23ClN4O3S. The van der Waals surface area contributed by atoms with Gasteiger partial charge < -0.3 is 9.88 Å². The first-order valence-corrected chi connectivity index (χ1v) is 11.8. The largest absolute Gasteiger partial charge is 0.343 e. The molecule has 1 aliphatic heterocycles. The van der Waals surface area contributed by atoms with Gasteiger partial charge in [0, 0.05) is 32.0 Å². The Morgan fingerprint density at radius 3 is 2.57 bits per heavy atom. The Balaban J connectivity index is 1.28. The smallest absolute Gasteiger partial charge is 0.242 e. The van der Waals surface area contributed by atoms with Crippen LogP contribution < -0.4 is 4.72 Å². The number of aromatic amines is 1. The highest BCUT2D eigenvalue weighted by atomic mass is 35.5. The van der Waals surface area contributed by atoms with Crippen LogP contribution in [-0.2, 0) is 14.8 Å². The highest BCUT2D eigenvalue weighted by molar-refractivity contribution is 7.89. The molecule has 2 N–H and O–H groups in total. The van der Waals surface area contributed by atoms with Crippen molar-refractivity contribution in [2.45, 2.75) is 30.1 Å². The molecule has 3 aromatic rings. The molecule has 0 saturated carbocycles. The lowest BCUT2D eigenvalue weighted by Crippen LogP contribution is -2.39. The van der Waals surface area contributed by atoms with Crippen molar-refractivity contribution in [3.05, 3.63) is 59.4 Å². The van der Waals surface area contributed by atoms with Gasteiger partial charge in [-0.15, -0.1) is 0 Å². The Morgan fingerprint density at radius 1 is 1.13 bits per heavy atom. The molecule has 0 aliphatic carbocycles. The van der Waals surface area contributed by atoms with E-state index in [1.54, 1.807) is 17.0 Å². The number of rotatable bonds is 6. The number of nitrogens with one attached hydrogen (secondary N) is 2. The normalized spacial score (nSPS) is 15.6. The van der Waals surface area contributed by atoms with Crippen LogP contribution in [-0.4, -0.2) is 48.8 Å². The summed E-state index contributed by atoms with van der Waals surface area (Å²) < 4.78 is 27.2. The second-order valence-corrected chi connectivity index (χ2v) is 9.52. The predicted octanol–water partition coefficient (Wildman–Crippen LogP) is 3.29. The van der Waals surface area contributed by atoms with Crippen LogP contribution >= 0.6 is 11.6 Å². The first-order chi connectivity index (χ1) is 14.4. The number of likely N-dealkylation sites (tertiary alicyclic amines) is 1. The lowest BCUT2D eigenvalue weighted by molar-refractivity contribution is -0.132. The molecule has 0 radical (unpaired) electrons. The lowest BCUT2D eigenvalue weighted by Gasteiger charge is -2.31. The Kier molecular flexibility index (Phi) is 6.08. The first-order valence-electron chi connectivity index (χ1n) is 9.90. The van der Waals surface area contributed by atoms with Crippen LogP contribution in [0.2, 0.25) is 5.02 Å². The van der Waals surface area contributed by atoms with Crippen LogP contribution in [0, 0.1) is 0 Å². The van der Waals surface area contributed by atoms with Crippen LogP contribution in [0.3, 0.4) is 0 Å². The minimum atomic E-state index is -3.74. The minimum absolute atomic E-state index is 0.0192. The third kappa shape index (κ3) is 4.50. The van der Waals surface area contributed by atoms with Gasteiger partial charge in [0.1, 0.15) is 10.7 Å². The van der Waals surface area contributed by atoms with Crippen molar-refractivity contribution in [3.8, 4) is 0 Å². The molecule has 0 unspecified atom stereocenters. The second kappa shape index (κ2) is 8.75. The van der Waals surface area contributed by atoms with Gasteiger partial charge in [0.15, 0.2) is 0 Å². The number of imidazole rings is 1. The molecule has 1 aliphatic rings. The standard InChI is InChI=1S/C21H23ClN4O3S/c22-16-5-1-4-8-19(16)30(28,29)23-12-9-20(27)26-13-10-15(11-14-26)21-24-17-6-2-3-7-18(17)25-21/h1-8,15,23H,9-14H2,(H,24,25). The number of hydrogen-bond acceptors (Lipinski definition) is 4. The van der Waals surface area contributed by atoms with E-state index >= 15 is 0 Å². The second-order valence-electron chi connectivity index (χ2n) is 7.37. The van der Waals surface area contributed by atoms with Crippen molar-refractivity contribution >= 4 is 38.6 Å². The quantitative estimate of drug-likeness (QED) is 0.607. The number of fused-ring (bicyclic) bond motifs is 1.